The van der Waals surface area contributed by atoms with E-state index in [1.54, 1.807) is 24.3 Å². The number of aliphatic hydroxyl groups is 1. The van der Waals surface area contributed by atoms with Gasteiger partial charge in [-0.1, -0.05) is 74.5 Å². The Morgan fingerprint density at radius 1 is 0.875 bits per heavy atom. The van der Waals surface area contributed by atoms with E-state index in [4.69, 9.17) is 14.2 Å². The zero-order valence-electron chi connectivity index (χ0n) is 36.5. The van der Waals surface area contributed by atoms with Crippen molar-refractivity contribution in [2.75, 3.05) is 39.3 Å². The number of aromatic hydroxyl groups is 1. The number of nitrogens with one attached hydrogen (secondary N) is 4. The number of piperidine rings is 3. The van der Waals surface area contributed by atoms with Crippen molar-refractivity contribution >= 4 is 28.9 Å². The van der Waals surface area contributed by atoms with E-state index in [9.17, 15) is 29.4 Å². The Morgan fingerprint density at radius 2 is 1.64 bits per heavy atom. The molecular weight excluding hydrogens is 815 g/mol. The number of H-pyrrole nitrogens is 1. The minimum atomic E-state index is -0.873. The largest absolute Gasteiger partial charge is 0.506 e. The van der Waals surface area contributed by atoms with Crippen molar-refractivity contribution < 1.29 is 38.8 Å². The topological polar surface area (TPSA) is 192 Å². The lowest BCUT2D eigenvalue weighted by molar-refractivity contribution is -0.146. The summed E-state index contributed by atoms with van der Waals surface area (Å²) in [5, 5.41) is 30.6. The van der Waals surface area contributed by atoms with Gasteiger partial charge in [0, 0.05) is 30.1 Å². The molecule has 0 saturated carbocycles. The summed E-state index contributed by atoms with van der Waals surface area (Å²) in [5.41, 5.74) is 3.52. The number of amides is 2. The fraction of sp³-hybridized carbons (Fsp3) is 0.400. The molecule has 3 aliphatic rings. The minimum Gasteiger partial charge on any atom is -0.506 e. The zero-order chi connectivity index (χ0) is 45.0. The molecule has 0 aliphatic carbocycles. The summed E-state index contributed by atoms with van der Waals surface area (Å²) in [6, 6.07) is 29.2. The molecule has 0 spiro atoms. The Balaban J connectivity index is 0.858. The first-order chi connectivity index (χ1) is 31.0. The average molecular weight is 874 g/mol. The van der Waals surface area contributed by atoms with Gasteiger partial charge in [-0.2, -0.15) is 0 Å². The molecule has 4 atom stereocenters. The summed E-state index contributed by atoms with van der Waals surface area (Å²) in [6.45, 7) is 8.09. The number of phenols is 1. The van der Waals surface area contributed by atoms with E-state index < -0.39 is 30.3 Å². The number of nitrogens with zero attached hydrogens (tertiary/aromatic N) is 1. The van der Waals surface area contributed by atoms with Crippen LogP contribution in [-0.2, 0) is 20.9 Å². The normalized spacial score (nSPS) is 18.2. The molecule has 5 aromatic rings. The molecule has 8 rings (SSSR count). The van der Waals surface area contributed by atoms with Crippen LogP contribution in [0, 0.1) is 11.8 Å². The molecule has 14 heteroatoms. The van der Waals surface area contributed by atoms with Crippen molar-refractivity contribution in [1.82, 2.24) is 25.8 Å². The number of benzene rings is 4. The Kier molecular flexibility index (Phi) is 15.7. The molecular formula is C50H59N5O9. The fourth-order valence-corrected chi connectivity index (χ4v) is 8.49. The SMILES string of the molecule is CC(C)CC(NC(=O)c1ccc(COc2cccc(C(NC(=O)O[C@H]3CN4CCC3CC4)c3ccccc3)c2)cc1)C(=O)OCCCCNC[C@H](O)c1ccc(O)c2[nH]c(=O)ccc12. The van der Waals surface area contributed by atoms with Crippen LogP contribution >= 0.6 is 0 Å². The highest BCUT2D eigenvalue weighted by molar-refractivity contribution is 5.96. The first-order valence-corrected chi connectivity index (χ1v) is 22.3. The van der Waals surface area contributed by atoms with Crippen LogP contribution in [0.15, 0.2) is 108 Å². The number of rotatable bonds is 20. The number of aliphatic hydroxyl groups excluding tert-OH is 1. The summed E-state index contributed by atoms with van der Waals surface area (Å²) < 4.78 is 17.7. The molecule has 0 radical (unpaired) electrons. The molecule has 4 aromatic carbocycles. The molecule has 14 nitrogen and oxygen atoms in total. The number of phenolic OH excluding ortho intramolecular Hbond substituents is 1. The van der Waals surface area contributed by atoms with E-state index in [1.165, 1.54) is 12.1 Å². The molecule has 2 unspecified atom stereocenters. The van der Waals surface area contributed by atoms with Gasteiger partial charge in [-0.05, 0) is 122 Å². The number of carbonyl (C=O) groups is 3. The maximum Gasteiger partial charge on any atom is 0.408 e. The van der Waals surface area contributed by atoms with Gasteiger partial charge in [-0.15, -0.1) is 0 Å². The van der Waals surface area contributed by atoms with Gasteiger partial charge >= 0.3 is 12.1 Å². The molecule has 338 valence electrons. The molecule has 3 aliphatic heterocycles. The van der Waals surface area contributed by atoms with Crippen molar-refractivity contribution in [1.29, 1.82) is 0 Å². The Bertz CT molecular complexity index is 2400. The number of ether oxygens (including phenoxy) is 3. The third-order valence-electron chi connectivity index (χ3n) is 12.0. The van der Waals surface area contributed by atoms with Crippen molar-refractivity contribution in [3.8, 4) is 11.5 Å². The maximum atomic E-state index is 13.3. The number of hydrogen-bond acceptors (Lipinski definition) is 11. The molecule has 2 amide bonds. The molecule has 3 fully saturated rings. The molecule has 6 N–H and O–H groups in total. The number of hydrogen-bond donors (Lipinski definition) is 6. The van der Waals surface area contributed by atoms with Crippen LogP contribution in [0.4, 0.5) is 4.79 Å². The van der Waals surface area contributed by atoms with Crippen LogP contribution in [0.2, 0.25) is 0 Å². The smallest absolute Gasteiger partial charge is 0.408 e. The van der Waals surface area contributed by atoms with Crippen LogP contribution in [0.5, 0.6) is 11.5 Å². The summed E-state index contributed by atoms with van der Waals surface area (Å²) in [4.78, 5) is 56.4. The third kappa shape index (κ3) is 12.3. The number of alkyl carbamates (subject to hydrolysis) is 1. The van der Waals surface area contributed by atoms with Gasteiger partial charge in [0.25, 0.3) is 5.91 Å². The van der Waals surface area contributed by atoms with Crippen LogP contribution in [0.3, 0.4) is 0 Å². The second-order valence-corrected chi connectivity index (χ2v) is 17.2. The number of pyridine rings is 1. The Labute approximate surface area is 373 Å². The van der Waals surface area contributed by atoms with Crippen molar-refractivity contribution in [2.45, 2.75) is 76.9 Å². The van der Waals surface area contributed by atoms with Crippen molar-refractivity contribution in [3.05, 3.63) is 141 Å². The number of unbranched alkanes of at least 4 members (excludes halogenated alkanes) is 1. The summed E-state index contributed by atoms with van der Waals surface area (Å²) in [6.07, 6.45) is 2.36. The van der Waals surface area contributed by atoms with E-state index in [0.29, 0.717) is 54.0 Å². The molecule has 64 heavy (non-hydrogen) atoms. The quantitative estimate of drug-likeness (QED) is 0.0369. The van der Waals surface area contributed by atoms with Gasteiger partial charge in [-0.3, -0.25) is 14.5 Å². The van der Waals surface area contributed by atoms with Gasteiger partial charge in [0.1, 0.15) is 30.3 Å². The van der Waals surface area contributed by atoms with Crippen LogP contribution in [0.1, 0.15) is 90.7 Å². The fourth-order valence-electron chi connectivity index (χ4n) is 8.49. The van der Waals surface area contributed by atoms with Crippen LogP contribution in [-0.4, -0.2) is 89.5 Å². The third-order valence-corrected chi connectivity index (χ3v) is 12.0. The van der Waals surface area contributed by atoms with E-state index in [-0.39, 0.29) is 54.5 Å². The lowest BCUT2D eigenvalue weighted by Gasteiger charge is -2.43. The predicted molar refractivity (Wildman–Crippen MR) is 243 cm³/mol. The Hall–Kier alpha value is -6.22. The van der Waals surface area contributed by atoms with E-state index in [1.807, 2.05) is 80.6 Å². The van der Waals surface area contributed by atoms with Crippen LogP contribution < -0.4 is 26.2 Å². The number of carbonyl (C=O) groups excluding carboxylic acids is 3. The van der Waals surface area contributed by atoms with E-state index in [2.05, 4.69) is 25.8 Å². The van der Waals surface area contributed by atoms with Gasteiger partial charge in [0.05, 0.1) is 24.3 Å². The standard InChI is InChI=1S/C50H59N5O9/c1-32(2)27-41(49(60)62-26-7-6-23-51-29-43(57)39-17-19-42(56)47-40(39)18-20-45(58)53-47)52-48(59)36-15-13-33(14-16-36)31-63-38-12-8-11-37(28-38)46(35-9-4-3-5-10-35)54-50(61)64-44-30-55-24-21-34(44)22-25-55/h3-5,8-20,28,32,34,41,43-44,46,51,56-57H,6-7,21-27,29-31H2,1-2H3,(H,52,59)(H,53,58)(H,54,61)/t41?,43-,44-,46?/m0/s1. The lowest BCUT2D eigenvalue weighted by atomic mass is 9.86. The summed E-state index contributed by atoms with van der Waals surface area (Å²) in [5.74, 6) is 0.205. The highest BCUT2D eigenvalue weighted by Crippen LogP contribution is 2.31. The molecule has 1 aromatic heterocycles. The molecule has 3 saturated heterocycles. The van der Waals surface area contributed by atoms with Gasteiger partial charge < -0.3 is 45.4 Å². The van der Waals surface area contributed by atoms with E-state index >= 15 is 0 Å². The number of aromatic amines is 1. The average Bonchev–Trinajstić information content (AvgIpc) is 3.30. The summed E-state index contributed by atoms with van der Waals surface area (Å²) >= 11 is 0. The highest BCUT2D eigenvalue weighted by atomic mass is 16.6. The lowest BCUT2D eigenvalue weighted by Crippen LogP contribution is -2.52. The first kappa shape index (κ1) is 45.8. The molecule has 4 heterocycles. The van der Waals surface area contributed by atoms with Crippen molar-refractivity contribution in [2.24, 2.45) is 11.8 Å². The second kappa shape index (κ2) is 21.9. The highest BCUT2D eigenvalue weighted by Gasteiger charge is 2.37. The first-order valence-electron chi connectivity index (χ1n) is 22.3. The van der Waals surface area contributed by atoms with E-state index in [0.717, 1.165) is 49.2 Å². The monoisotopic (exact) mass is 873 g/mol. The van der Waals surface area contributed by atoms with Gasteiger partial charge in [0.15, 0.2) is 0 Å². The molecule has 2 bridgehead atoms. The predicted octanol–water partition coefficient (Wildman–Crippen LogP) is 6.51. The second-order valence-electron chi connectivity index (χ2n) is 17.2. The van der Waals surface area contributed by atoms with Gasteiger partial charge in [0.2, 0.25) is 5.56 Å². The van der Waals surface area contributed by atoms with Crippen molar-refractivity contribution in [3.63, 3.8) is 0 Å². The van der Waals surface area contributed by atoms with Gasteiger partial charge in [-0.25, -0.2) is 9.59 Å². The zero-order valence-corrected chi connectivity index (χ0v) is 36.5. The number of esters is 1. The number of fused-ring (bicyclic) bond motifs is 4. The number of aromatic nitrogens is 1. The summed E-state index contributed by atoms with van der Waals surface area (Å²) in [7, 11) is 0. The minimum absolute atomic E-state index is 0.0690. The van der Waals surface area contributed by atoms with Crippen LogP contribution in [0.25, 0.3) is 10.9 Å². The maximum absolute atomic E-state index is 13.3. The Morgan fingerprint density at radius 3 is 2.38 bits per heavy atom.